The van der Waals surface area contributed by atoms with E-state index < -0.39 is 24.3 Å². The van der Waals surface area contributed by atoms with Gasteiger partial charge in [-0.3, -0.25) is 9.59 Å². The van der Waals surface area contributed by atoms with Crippen LogP contribution in [0.4, 0.5) is 11.5 Å². The Morgan fingerprint density at radius 1 is 1.16 bits per heavy atom. The molecule has 6 N–H and O–H groups in total. The quantitative estimate of drug-likeness (QED) is 0.307. The monoisotopic (exact) mass is 529 g/mol. The SMILES string of the molecule is Cc1nn(C(=O)COc2ccccc2C(N)=O)c2c1C(c1ccc(Cl)cc1)c1c(nc(N)c(C#N)c1N)O2. The van der Waals surface area contributed by atoms with E-state index in [2.05, 4.69) is 10.1 Å². The smallest absolute Gasteiger partial charge is 0.287 e. The van der Waals surface area contributed by atoms with E-state index in [0.717, 1.165) is 10.2 Å². The van der Waals surface area contributed by atoms with Crippen molar-refractivity contribution < 1.29 is 19.1 Å². The van der Waals surface area contributed by atoms with E-state index in [-0.39, 0.29) is 40.1 Å². The number of anilines is 2. The molecule has 2 aromatic carbocycles. The lowest BCUT2D eigenvalue weighted by atomic mass is 9.82. The van der Waals surface area contributed by atoms with E-state index in [0.29, 0.717) is 21.8 Å². The summed E-state index contributed by atoms with van der Waals surface area (Å²) in [5.41, 5.74) is 20.3. The van der Waals surface area contributed by atoms with Gasteiger partial charge >= 0.3 is 0 Å². The van der Waals surface area contributed by atoms with Gasteiger partial charge in [-0.05, 0) is 36.8 Å². The van der Waals surface area contributed by atoms with E-state index in [1.807, 2.05) is 6.07 Å². The van der Waals surface area contributed by atoms with Gasteiger partial charge in [0, 0.05) is 10.9 Å². The average Bonchev–Trinajstić information content (AvgIpc) is 3.23. The van der Waals surface area contributed by atoms with Crippen LogP contribution in [0.3, 0.4) is 0 Å². The minimum Gasteiger partial charge on any atom is -0.483 e. The molecule has 0 saturated heterocycles. The van der Waals surface area contributed by atoms with Gasteiger partial charge in [-0.1, -0.05) is 35.9 Å². The van der Waals surface area contributed by atoms with E-state index in [4.69, 9.17) is 38.3 Å². The lowest BCUT2D eigenvalue weighted by Gasteiger charge is -2.28. The second kappa shape index (κ2) is 9.42. The van der Waals surface area contributed by atoms with Crippen LogP contribution in [0.15, 0.2) is 48.5 Å². The van der Waals surface area contributed by atoms with Gasteiger partial charge in [-0.15, -0.1) is 0 Å². The van der Waals surface area contributed by atoms with Crippen molar-refractivity contribution in [3.8, 4) is 23.6 Å². The number of carbonyl (C=O) groups excluding carboxylic acids is 2. The third-order valence-electron chi connectivity index (χ3n) is 6.16. The number of carbonyl (C=O) groups is 2. The Balaban J connectivity index is 1.60. The highest BCUT2D eigenvalue weighted by Crippen LogP contribution is 2.51. The largest absolute Gasteiger partial charge is 0.483 e. The lowest BCUT2D eigenvalue weighted by molar-refractivity contribution is 0.0806. The van der Waals surface area contributed by atoms with Crippen molar-refractivity contribution in [2.75, 3.05) is 18.1 Å². The number of primary amides is 1. The number of aromatic nitrogens is 3. The number of pyridine rings is 1. The molecular weight excluding hydrogens is 510 g/mol. The maximum atomic E-state index is 13.3. The molecule has 0 fully saturated rings. The zero-order valence-electron chi connectivity index (χ0n) is 19.9. The van der Waals surface area contributed by atoms with Gasteiger partial charge in [0.1, 0.15) is 23.2 Å². The fourth-order valence-electron chi connectivity index (χ4n) is 4.43. The summed E-state index contributed by atoms with van der Waals surface area (Å²) in [6.07, 6.45) is 0. The first-order valence-electron chi connectivity index (χ1n) is 11.3. The molecule has 1 unspecified atom stereocenters. The zero-order valence-corrected chi connectivity index (χ0v) is 20.7. The van der Waals surface area contributed by atoms with E-state index >= 15 is 0 Å². The van der Waals surface area contributed by atoms with Crippen molar-refractivity contribution in [2.45, 2.75) is 12.8 Å². The van der Waals surface area contributed by atoms with Gasteiger partial charge in [-0.2, -0.15) is 20.0 Å². The molecule has 5 rings (SSSR count). The Morgan fingerprint density at radius 3 is 2.55 bits per heavy atom. The number of nitrogen functional groups attached to an aromatic ring is 2. The van der Waals surface area contributed by atoms with Crippen molar-refractivity contribution in [2.24, 2.45) is 5.73 Å². The summed E-state index contributed by atoms with van der Waals surface area (Å²) in [4.78, 5) is 29.2. The number of fused-ring (bicyclic) bond motifs is 2. The van der Waals surface area contributed by atoms with E-state index in [1.165, 1.54) is 12.1 Å². The summed E-state index contributed by atoms with van der Waals surface area (Å²) in [6, 6.07) is 15.3. The molecule has 1 aliphatic heterocycles. The average molecular weight is 530 g/mol. The minimum absolute atomic E-state index is 0.0254. The molecule has 0 radical (unpaired) electrons. The first-order valence-corrected chi connectivity index (χ1v) is 11.7. The topological polar surface area (TPSA) is 185 Å². The van der Waals surface area contributed by atoms with Crippen molar-refractivity contribution in [3.05, 3.63) is 87.1 Å². The van der Waals surface area contributed by atoms with E-state index in [1.54, 1.807) is 43.3 Å². The Labute approximate surface area is 221 Å². The summed E-state index contributed by atoms with van der Waals surface area (Å²) in [5, 5.41) is 14.6. The van der Waals surface area contributed by atoms with Crippen molar-refractivity contribution in [1.82, 2.24) is 14.8 Å². The number of halogens is 1. The Morgan fingerprint density at radius 2 is 1.87 bits per heavy atom. The Hall–Kier alpha value is -5.08. The molecule has 12 heteroatoms. The molecule has 0 saturated carbocycles. The number of nitrogens with zero attached hydrogens (tertiary/aromatic N) is 4. The molecule has 38 heavy (non-hydrogen) atoms. The molecule has 190 valence electrons. The van der Waals surface area contributed by atoms with Gasteiger partial charge in [-0.25, -0.2) is 0 Å². The van der Waals surface area contributed by atoms with Crippen LogP contribution in [0.25, 0.3) is 0 Å². The van der Waals surface area contributed by atoms with Crippen molar-refractivity contribution in [1.29, 1.82) is 5.26 Å². The van der Waals surface area contributed by atoms with Crippen LogP contribution < -0.4 is 26.7 Å². The number of ether oxygens (including phenoxy) is 2. The summed E-state index contributed by atoms with van der Waals surface area (Å²) >= 11 is 6.12. The van der Waals surface area contributed by atoms with Gasteiger partial charge in [0.2, 0.25) is 11.8 Å². The predicted molar refractivity (Wildman–Crippen MR) is 138 cm³/mol. The van der Waals surface area contributed by atoms with Crippen molar-refractivity contribution >= 4 is 34.9 Å². The minimum atomic E-state index is -0.691. The zero-order chi connectivity index (χ0) is 27.1. The van der Waals surface area contributed by atoms with Crippen LogP contribution in [0, 0.1) is 18.3 Å². The fraction of sp³-hybridized carbons (Fsp3) is 0.115. The van der Waals surface area contributed by atoms with Crippen molar-refractivity contribution in [3.63, 3.8) is 0 Å². The van der Waals surface area contributed by atoms with Gasteiger partial charge in [0.25, 0.3) is 11.8 Å². The standard InChI is InChI=1S/C26H20ClN7O4/c1-12-19-20(13-6-8-14(27)9-7-13)21-22(29)16(10-28)23(30)32-25(21)38-26(19)34(33-12)18(35)11-37-17-5-3-2-4-15(17)24(31)36/h2-9,20H,11H2,1H3,(H2,31,36)(H4,29,30,32). The molecule has 1 amide bonds. The number of para-hydroxylation sites is 1. The molecule has 1 atom stereocenters. The second-order valence-electron chi connectivity index (χ2n) is 8.46. The van der Waals surface area contributed by atoms with Gasteiger partial charge in [0.05, 0.1) is 28.1 Å². The summed E-state index contributed by atoms with van der Waals surface area (Å²) in [7, 11) is 0. The number of aryl methyl sites for hydroxylation is 1. The lowest BCUT2D eigenvalue weighted by Crippen LogP contribution is -2.24. The first kappa shape index (κ1) is 24.6. The number of rotatable bonds is 5. The fourth-order valence-corrected chi connectivity index (χ4v) is 4.55. The van der Waals surface area contributed by atoms with Crippen LogP contribution in [0.5, 0.6) is 17.5 Å². The summed E-state index contributed by atoms with van der Waals surface area (Å²) in [6.45, 7) is 1.25. The first-order chi connectivity index (χ1) is 18.2. The van der Waals surface area contributed by atoms with Crippen LogP contribution in [0.1, 0.15) is 49.0 Å². The molecule has 0 spiro atoms. The van der Waals surface area contributed by atoms with Gasteiger partial charge < -0.3 is 26.7 Å². The van der Waals surface area contributed by atoms with Crippen LogP contribution >= 0.6 is 11.6 Å². The third-order valence-corrected chi connectivity index (χ3v) is 6.41. The maximum Gasteiger partial charge on any atom is 0.287 e. The number of benzene rings is 2. The molecule has 2 aromatic heterocycles. The highest BCUT2D eigenvalue weighted by atomic mass is 35.5. The molecule has 11 nitrogen and oxygen atoms in total. The highest BCUT2D eigenvalue weighted by molar-refractivity contribution is 6.30. The summed E-state index contributed by atoms with van der Waals surface area (Å²) < 4.78 is 12.7. The molecule has 0 bridgehead atoms. The predicted octanol–water partition coefficient (Wildman–Crippen LogP) is 3.38. The second-order valence-corrected chi connectivity index (χ2v) is 8.90. The number of amides is 1. The third kappa shape index (κ3) is 4.03. The molecule has 1 aliphatic rings. The molecule has 0 aliphatic carbocycles. The van der Waals surface area contributed by atoms with Gasteiger partial charge in [0.15, 0.2) is 6.61 Å². The van der Waals surface area contributed by atoms with Crippen LogP contribution in [-0.2, 0) is 0 Å². The number of hydrogen-bond donors (Lipinski definition) is 3. The Kier molecular flexibility index (Phi) is 6.10. The van der Waals surface area contributed by atoms with E-state index in [9.17, 15) is 14.9 Å². The normalized spacial score (nSPS) is 13.6. The number of hydrogen-bond acceptors (Lipinski definition) is 9. The Bertz CT molecular complexity index is 1660. The maximum absolute atomic E-state index is 13.3. The molecule has 4 aromatic rings. The number of nitrogens with two attached hydrogens (primary N) is 3. The summed E-state index contributed by atoms with van der Waals surface area (Å²) in [5.74, 6) is -1.68. The van der Waals surface area contributed by atoms with Crippen LogP contribution in [-0.4, -0.2) is 33.2 Å². The molecular formula is C26H20ClN7O4. The highest BCUT2D eigenvalue weighted by Gasteiger charge is 2.39. The van der Waals surface area contributed by atoms with Crippen LogP contribution in [0.2, 0.25) is 5.02 Å². The molecule has 3 heterocycles. The number of nitriles is 1.